The molecule has 0 heterocycles. The Morgan fingerprint density at radius 1 is 1.47 bits per heavy atom. The third kappa shape index (κ3) is 4.13. The zero-order chi connectivity index (χ0) is 11.3. The van der Waals surface area contributed by atoms with Crippen LogP contribution in [0, 0.1) is 17.2 Å². The molecule has 3 atom stereocenters. The largest absolute Gasteiger partial charge is 0.388 e. The molecule has 1 aliphatic rings. The van der Waals surface area contributed by atoms with Crippen LogP contribution in [0.4, 0.5) is 0 Å². The molecule has 5 N–H and O–H groups in total. The van der Waals surface area contributed by atoms with Gasteiger partial charge in [-0.15, -0.1) is 0 Å². The maximum Gasteiger partial charge on any atom is 0.0911 e. The van der Waals surface area contributed by atoms with E-state index >= 15 is 0 Å². The van der Waals surface area contributed by atoms with Gasteiger partial charge in [-0.3, -0.25) is 5.41 Å². The quantitative estimate of drug-likeness (QED) is 0.370. The third-order valence-electron chi connectivity index (χ3n) is 2.43. The Balaban J connectivity index is 2.46. The van der Waals surface area contributed by atoms with Crippen molar-refractivity contribution in [3.8, 4) is 0 Å². The van der Waals surface area contributed by atoms with E-state index in [4.69, 9.17) is 16.9 Å². The molecule has 3 nitrogen and oxygen atoms in total. The highest BCUT2D eigenvalue weighted by atomic mass is 14.7. The second kappa shape index (κ2) is 5.51. The Bertz CT molecular complexity index is 302. The van der Waals surface area contributed by atoms with E-state index in [0.717, 1.165) is 0 Å². The van der Waals surface area contributed by atoms with E-state index in [2.05, 4.69) is 18.2 Å². The Morgan fingerprint density at radius 3 is 2.73 bits per heavy atom. The van der Waals surface area contributed by atoms with Gasteiger partial charge in [-0.1, -0.05) is 43.4 Å². The molecular weight excluding hydrogens is 186 g/mol. The minimum Gasteiger partial charge on any atom is -0.388 e. The SMILES string of the molecule is CC(/C=C\C1C=CC=CC1N)CC(=N)N. The summed E-state index contributed by atoms with van der Waals surface area (Å²) in [5.41, 5.74) is 11.2. The van der Waals surface area contributed by atoms with Crippen molar-refractivity contribution in [2.45, 2.75) is 19.4 Å². The fourth-order valence-corrected chi connectivity index (χ4v) is 1.57. The number of hydrogen-bond acceptors (Lipinski definition) is 2. The average Bonchev–Trinajstić information content (AvgIpc) is 2.15. The Kier molecular flexibility index (Phi) is 4.31. The smallest absolute Gasteiger partial charge is 0.0911 e. The van der Waals surface area contributed by atoms with E-state index in [1.54, 1.807) is 0 Å². The maximum absolute atomic E-state index is 7.18. The number of allylic oxidation sites excluding steroid dienone is 3. The summed E-state index contributed by atoms with van der Waals surface area (Å²) in [5.74, 6) is 0.800. The first kappa shape index (κ1) is 11.7. The van der Waals surface area contributed by atoms with Crippen molar-refractivity contribution < 1.29 is 0 Å². The molecule has 0 saturated heterocycles. The number of rotatable bonds is 4. The Labute approximate surface area is 91.0 Å². The molecule has 0 aromatic heterocycles. The predicted molar refractivity (Wildman–Crippen MR) is 64.6 cm³/mol. The summed E-state index contributed by atoms with van der Waals surface area (Å²) in [6, 6.07) is 0.0655. The molecule has 0 fully saturated rings. The van der Waals surface area contributed by atoms with Gasteiger partial charge in [-0.05, 0) is 5.92 Å². The molecule has 3 unspecified atom stereocenters. The van der Waals surface area contributed by atoms with Crippen LogP contribution in [0.15, 0.2) is 36.5 Å². The van der Waals surface area contributed by atoms with Crippen LogP contribution in [0.1, 0.15) is 13.3 Å². The van der Waals surface area contributed by atoms with Crippen molar-refractivity contribution in [2.24, 2.45) is 23.3 Å². The number of hydrogen-bond donors (Lipinski definition) is 3. The standard InChI is InChI=1S/C12H19N3/c1-9(8-12(14)15)6-7-10-4-2-3-5-11(10)13/h2-7,9-11H,8,13H2,1H3,(H3,14,15)/b7-6-. The summed E-state index contributed by atoms with van der Waals surface area (Å²) in [4.78, 5) is 0. The molecule has 0 spiro atoms. The lowest BCUT2D eigenvalue weighted by Gasteiger charge is -2.17. The maximum atomic E-state index is 7.18. The molecule has 82 valence electrons. The second-order valence-electron chi connectivity index (χ2n) is 4.02. The molecule has 1 aliphatic carbocycles. The van der Waals surface area contributed by atoms with Crippen LogP contribution in [0.3, 0.4) is 0 Å². The van der Waals surface area contributed by atoms with E-state index in [1.165, 1.54) is 0 Å². The minimum atomic E-state index is 0.0655. The molecule has 0 aliphatic heterocycles. The molecule has 0 saturated carbocycles. The highest BCUT2D eigenvalue weighted by Crippen LogP contribution is 2.14. The molecule has 0 aromatic rings. The summed E-state index contributed by atoms with van der Waals surface area (Å²) in [7, 11) is 0. The molecule has 0 bridgehead atoms. The topological polar surface area (TPSA) is 75.9 Å². The van der Waals surface area contributed by atoms with E-state index in [-0.39, 0.29) is 17.8 Å². The van der Waals surface area contributed by atoms with Crippen LogP contribution < -0.4 is 11.5 Å². The van der Waals surface area contributed by atoms with Crippen LogP contribution >= 0.6 is 0 Å². The van der Waals surface area contributed by atoms with E-state index in [9.17, 15) is 0 Å². The monoisotopic (exact) mass is 205 g/mol. The van der Waals surface area contributed by atoms with Gasteiger partial charge in [0.05, 0.1) is 5.84 Å². The zero-order valence-corrected chi connectivity index (χ0v) is 9.06. The van der Waals surface area contributed by atoms with E-state index in [0.29, 0.717) is 12.3 Å². The van der Waals surface area contributed by atoms with Crippen LogP contribution in [-0.4, -0.2) is 11.9 Å². The van der Waals surface area contributed by atoms with Crippen LogP contribution in [-0.2, 0) is 0 Å². The van der Waals surface area contributed by atoms with E-state index in [1.807, 2.05) is 25.2 Å². The fraction of sp³-hybridized carbons (Fsp3) is 0.417. The van der Waals surface area contributed by atoms with Gasteiger partial charge in [0, 0.05) is 18.4 Å². The highest BCUT2D eigenvalue weighted by molar-refractivity contribution is 5.77. The average molecular weight is 205 g/mol. The van der Waals surface area contributed by atoms with Crippen molar-refractivity contribution in [3.05, 3.63) is 36.5 Å². The normalized spacial score (nSPS) is 27.1. The first-order valence-electron chi connectivity index (χ1n) is 5.21. The summed E-state index contributed by atoms with van der Waals surface area (Å²) in [6.45, 7) is 2.05. The van der Waals surface area contributed by atoms with Crippen LogP contribution in [0.5, 0.6) is 0 Å². The lowest BCUT2D eigenvalue weighted by Crippen LogP contribution is -2.26. The second-order valence-corrected chi connectivity index (χ2v) is 4.02. The van der Waals surface area contributed by atoms with Crippen LogP contribution in [0.25, 0.3) is 0 Å². The van der Waals surface area contributed by atoms with Gasteiger partial charge in [0.1, 0.15) is 0 Å². The van der Waals surface area contributed by atoms with E-state index < -0.39 is 0 Å². The van der Waals surface area contributed by atoms with Crippen LogP contribution in [0.2, 0.25) is 0 Å². The number of nitrogens with one attached hydrogen (secondary N) is 1. The fourth-order valence-electron chi connectivity index (χ4n) is 1.57. The first-order valence-corrected chi connectivity index (χ1v) is 5.21. The Morgan fingerprint density at radius 2 is 2.13 bits per heavy atom. The highest BCUT2D eigenvalue weighted by Gasteiger charge is 2.11. The minimum absolute atomic E-state index is 0.0655. The van der Waals surface area contributed by atoms with Gasteiger partial charge in [0.25, 0.3) is 0 Å². The summed E-state index contributed by atoms with van der Waals surface area (Å²) in [5, 5.41) is 7.18. The van der Waals surface area contributed by atoms with Crippen molar-refractivity contribution >= 4 is 5.84 Å². The zero-order valence-electron chi connectivity index (χ0n) is 9.06. The molecular formula is C12H19N3. The molecule has 0 aromatic carbocycles. The van der Waals surface area contributed by atoms with Gasteiger partial charge < -0.3 is 11.5 Å². The third-order valence-corrected chi connectivity index (χ3v) is 2.43. The van der Waals surface area contributed by atoms with Crippen molar-refractivity contribution in [2.75, 3.05) is 0 Å². The summed E-state index contributed by atoms with van der Waals surface area (Å²) in [6.07, 6.45) is 12.8. The number of amidine groups is 1. The van der Waals surface area contributed by atoms with Gasteiger partial charge in [-0.2, -0.15) is 0 Å². The number of nitrogens with two attached hydrogens (primary N) is 2. The van der Waals surface area contributed by atoms with Crippen molar-refractivity contribution in [1.82, 2.24) is 0 Å². The van der Waals surface area contributed by atoms with Gasteiger partial charge in [0.15, 0.2) is 0 Å². The summed E-state index contributed by atoms with van der Waals surface area (Å²) >= 11 is 0. The van der Waals surface area contributed by atoms with Gasteiger partial charge in [-0.25, -0.2) is 0 Å². The van der Waals surface area contributed by atoms with Gasteiger partial charge >= 0.3 is 0 Å². The molecule has 3 heteroatoms. The molecule has 1 rings (SSSR count). The molecule has 0 amide bonds. The lowest BCUT2D eigenvalue weighted by molar-refractivity contribution is 0.670. The summed E-state index contributed by atoms with van der Waals surface area (Å²) < 4.78 is 0. The first-order chi connectivity index (χ1) is 7.09. The molecule has 15 heavy (non-hydrogen) atoms. The molecule has 0 radical (unpaired) electrons. The van der Waals surface area contributed by atoms with Crippen molar-refractivity contribution in [3.63, 3.8) is 0 Å². The van der Waals surface area contributed by atoms with Gasteiger partial charge in [0.2, 0.25) is 0 Å². The lowest BCUT2D eigenvalue weighted by atomic mass is 9.93. The predicted octanol–water partition coefficient (Wildman–Crippen LogP) is 1.57. The Hall–Kier alpha value is -1.35. The van der Waals surface area contributed by atoms with Crippen molar-refractivity contribution in [1.29, 1.82) is 5.41 Å².